The second-order valence-electron chi connectivity index (χ2n) is 5.60. The SMILES string of the molecule is COCCn1c(=NS(=O)(=O)c2ccc(OC)cc2)sc2cc(OC)ccc21. The minimum Gasteiger partial charge on any atom is -0.497 e. The van der Waals surface area contributed by atoms with Crippen molar-refractivity contribution in [2.75, 3.05) is 27.9 Å². The van der Waals surface area contributed by atoms with Crippen molar-refractivity contribution in [3.05, 3.63) is 47.3 Å². The number of rotatable bonds is 7. The lowest BCUT2D eigenvalue weighted by molar-refractivity contribution is 0.187. The summed E-state index contributed by atoms with van der Waals surface area (Å²) in [6, 6.07) is 11.7. The molecule has 0 spiro atoms. The molecule has 0 saturated carbocycles. The third kappa shape index (κ3) is 4.15. The summed E-state index contributed by atoms with van der Waals surface area (Å²) in [5.41, 5.74) is 0.876. The third-order valence-corrected chi connectivity index (χ3v) is 6.40. The van der Waals surface area contributed by atoms with E-state index < -0.39 is 10.0 Å². The molecule has 144 valence electrons. The van der Waals surface area contributed by atoms with Gasteiger partial charge in [-0.3, -0.25) is 0 Å². The number of hydrogen-bond acceptors (Lipinski definition) is 6. The van der Waals surface area contributed by atoms with Crippen molar-refractivity contribution in [2.24, 2.45) is 4.40 Å². The van der Waals surface area contributed by atoms with Gasteiger partial charge in [0.1, 0.15) is 11.5 Å². The fraction of sp³-hybridized carbons (Fsp3) is 0.278. The number of fused-ring (bicyclic) bond motifs is 1. The number of ether oxygens (including phenoxy) is 3. The van der Waals surface area contributed by atoms with E-state index in [4.69, 9.17) is 14.2 Å². The first-order chi connectivity index (χ1) is 13.0. The minimum absolute atomic E-state index is 0.108. The molecule has 0 bridgehead atoms. The van der Waals surface area contributed by atoms with E-state index >= 15 is 0 Å². The molecule has 7 nitrogen and oxygen atoms in total. The number of thiazole rings is 1. The summed E-state index contributed by atoms with van der Waals surface area (Å²) in [7, 11) is 0.854. The Morgan fingerprint density at radius 3 is 2.30 bits per heavy atom. The predicted molar refractivity (Wildman–Crippen MR) is 104 cm³/mol. The fourth-order valence-electron chi connectivity index (χ4n) is 2.55. The van der Waals surface area contributed by atoms with Crippen LogP contribution < -0.4 is 14.3 Å². The number of methoxy groups -OCH3 is 3. The van der Waals surface area contributed by atoms with Gasteiger partial charge in [-0.05, 0) is 42.5 Å². The number of benzene rings is 2. The maximum absolute atomic E-state index is 12.8. The Morgan fingerprint density at radius 2 is 1.67 bits per heavy atom. The van der Waals surface area contributed by atoms with Crippen LogP contribution in [-0.4, -0.2) is 40.9 Å². The van der Waals surface area contributed by atoms with Gasteiger partial charge in [-0.2, -0.15) is 8.42 Å². The highest BCUT2D eigenvalue weighted by atomic mass is 32.2. The Bertz CT molecular complexity index is 1100. The van der Waals surface area contributed by atoms with Gasteiger partial charge in [-0.15, -0.1) is 4.40 Å². The highest BCUT2D eigenvalue weighted by Crippen LogP contribution is 2.24. The van der Waals surface area contributed by atoms with Crippen LogP contribution in [0.4, 0.5) is 0 Å². The van der Waals surface area contributed by atoms with Crippen molar-refractivity contribution in [3.63, 3.8) is 0 Å². The maximum atomic E-state index is 12.8. The van der Waals surface area contributed by atoms with E-state index in [0.717, 1.165) is 10.2 Å². The van der Waals surface area contributed by atoms with Crippen LogP contribution in [0, 0.1) is 0 Å². The Hall–Kier alpha value is -2.36. The van der Waals surface area contributed by atoms with Crippen molar-refractivity contribution < 1.29 is 22.6 Å². The molecule has 3 rings (SSSR count). The first kappa shape index (κ1) is 19.4. The monoisotopic (exact) mass is 408 g/mol. The first-order valence-corrected chi connectivity index (χ1v) is 10.4. The molecule has 3 aromatic rings. The molecule has 0 unspecified atom stereocenters. The van der Waals surface area contributed by atoms with Crippen molar-refractivity contribution in [1.29, 1.82) is 0 Å². The summed E-state index contributed by atoms with van der Waals surface area (Å²) in [5, 5.41) is 0. The van der Waals surface area contributed by atoms with Gasteiger partial charge in [0.15, 0.2) is 0 Å². The van der Waals surface area contributed by atoms with Gasteiger partial charge >= 0.3 is 0 Å². The lowest BCUT2D eigenvalue weighted by atomic mass is 10.3. The molecule has 0 aliphatic heterocycles. The topological polar surface area (TPSA) is 79.1 Å². The standard InChI is InChI=1S/C18H20N2O5S2/c1-23-11-10-20-16-9-6-14(25-3)12-17(16)26-18(20)19-27(21,22)15-7-4-13(24-2)5-8-15/h4-9,12H,10-11H2,1-3H3. The van der Waals surface area contributed by atoms with Crippen LogP contribution in [0.1, 0.15) is 0 Å². The van der Waals surface area contributed by atoms with Crippen molar-refractivity contribution in [3.8, 4) is 11.5 Å². The highest BCUT2D eigenvalue weighted by molar-refractivity contribution is 7.90. The predicted octanol–water partition coefficient (Wildman–Crippen LogP) is 2.66. The minimum atomic E-state index is -3.86. The second-order valence-corrected chi connectivity index (χ2v) is 8.22. The largest absolute Gasteiger partial charge is 0.497 e. The van der Waals surface area contributed by atoms with Crippen LogP contribution in [-0.2, 0) is 21.3 Å². The van der Waals surface area contributed by atoms with Gasteiger partial charge in [0.25, 0.3) is 10.0 Å². The molecule has 0 fully saturated rings. The zero-order valence-electron chi connectivity index (χ0n) is 15.2. The summed E-state index contributed by atoms with van der Waals surface area (Å²) < 4.78 is 47.8. The van der Waals surface area contributed by atoms with Gasteiger partial charge in [0.05, 0.1) is 35.9 Å². The third-order valence-electron chi connectivity index (χ3n) is 3.96. The average molecular weight is 409 g/mol. The average Bonchev–Trinajstić information content (AvgIpc) is 3.01. The smallest absolute Gasteiger partial charge is 0.285 e. The quantitative estimate of drug-likeness (QED) is 0.601. The van der Waals surface area contributed by atoms with Gasteiger partial charge < -0.3 is 18.8 Å². The number of sulfonamides is 1. The van der Waals surface area contributed by atoms with E-state index in [0.29, 0.717) is 29.5 Å². The molecule has 1 aromatic heterocycles. The van der Waals surface area contributed by atoms with Crippen molar-refractivity contribution >= 4 is 31.6 Å². The molecule has 27 heavy (non-hydrogen) atoms. The zero-order chi connectivity index (χ0) is 19.4. The molecule has 0 aliphatic carbocycles. The van der Waals surface area contributed by atoms with E-state index in [9.17, 15) is 8.42 Å². The summed E-state index contributed by atoms with van der Waals surface area (Å²) in [6.07, 6.45) is 0. The van der Waals surface area contributed by atoms with Gasteiger partial charge in [-0.25, -0.2) is 0 Å². The first-order valence-electron chi connectivity index (χ1n) is 8.10. The Morgan fingerprint density at radius 1 is 1.00 bits per heavy atom. The van der Waals surface area contributed by atoms with Gasteiger partial charge in [0.2, 0.25) is 4.80 Å². The molecule has 0 aliphatic rings. The highest BCUT2D eigenvalue weighted by Gasteiger charge is 2.15. The Kier molecular flexibility index (Phi) is 5.83. The molecule has 0 saturated heterocycles. The lowest BCUT2D eigenvalue weighted by Crippen LogP contribution is -2.19. The van der Waals surface area contributed by atoms with Crippen LogP contribution in [0.15, 0.2) is 51.8 Å². The van der Waals surface area contributed by atoms with E-state index in [1.807, 2.05) is 22.8 Å². The molecule has 2 aromatic carbocycles. The van der Waals surface area contributed by atoms with E-state index in [2.05, 4.69) is 4.40 Å². The Labute approximate surface area is 161 Å². The lowest BCUT2D eigenvalue weighted by Gasteiger charge is -2.05. The van der Waals surface area contributed by atoms with E-state index in [1.54, 1.807) is 26.4 Å². The second kappa shape index (κ2) is 8.12. The van der Waals surface area contributed by atoms with Crippen LogP contribution in [0.3, 0.4) is 0 Å². The molecule has 9 heteroatoms. The molecule has 0 amide bonds. The summed E-state index contributed by atoms with van der Waals surface area (Å²) >= 11 is 1.29. The molecule has 0 atom stereocenters. The number of aromatic nitrogens is 1. The molecular weight excluding hydrogens is 388 g/mol. The molecule has 0 radical (unpaired) electrons. The molecule has 0 N–H and O–H groups in total. The number of nitrogens with zero attached hydrogens (tertiary/aromatic N) is 2. The molecular formula is C18H20N2O5S2. The van der Waals surface area contributed by atoms with Gasteiger partial charge in [-0.1, -0.05) is 11.3 Å². The maximum Gasteiger partial charge on any atom is 0.285 e. The van der Waals surface area contributed by atoms with E-state index in [1.165, 1.54) is 30.6 Å². The van der Waals surface area contributed by atoms with Crippen molar-refractivity contribution in [2.45, 2.75) is 11.4 Å². The normalized spacial score (nSPS) is 12.5. The van der Waals surface area contributed by atoms with E-state index in [-0.39, 0.29) is 4.90 Å². The fourth-order valence-corrected chi connectivity index (χ4v) is 4.84. The number of hydrogen-bond donors (Lipinski definition) is 0. The summed E-state index contributed by atoms with van der Waals surface area (Å²) in [5.74, 6) is 1.28. The van der Waals surface area contributed by atoms with Crippen LogP contribution in [0.25, 0.3) is 10.2 Å². The molecule has 1 heterocycles. The zero-order valence-corrected chi connectivity index (χ0v) is 16.8. The van der Waals surface area contributed by atoms with Gasteiger partial charge in [0, 0.05) is 13.7 Å². The van der Waals surface area contributed by atoms with Crippen LogP contribution in [0.2, 0.25) is 0 Å². The summed E-state index contributed by atoms with van der Waals surface area (Å²) in [4.78, 5) is 0.489. The van der Waals surface area contributed by atoms with Crippen LogP contribution >= 0.6 is 11.3 Å². The summed E-state index contributed by atoms with van der Waals surface area (Å²) in [6.45, 7) is 0.924. The Balaban J connectivity index is 2.14. The van der Waals surface area contributed by atoms with Crippen molar-refractivity contribution in [1.82, 2.24) is 4.57 Å². The van der Waals surface area contributed by atoms with Crippen LogP contribution in [0.5, 0.6) is 11.5 Å².